The van der Waals surface area contributed by atoms with Gasteiger partial charge in [0.1, 0.15) is 12.2 Å². The third-order valence-electron chi connectivity index (χ3n) is 4.27. The van der Waals surface area contributed by atoms with Crippen LogP contribution in [0.5, 0.6) is 0 Å². The van der Waals surface area contributed by atoms with E-state index in [1.54, 1.807) is 48.0 Å². The lowest BCUT2D eigenvalue weighted by molar-refractivity contribution is -0.114. The summed E-state index contributed by atoms with van der Waals surface area (Å²) in [7, 11) is -0.368. The van der Waals surface area contributed by atoms with Crippen molar-refractivity contribution in [3.63, 3.8) is 0 Å². The molecule has 0 aliphatic rings. The van der Waals surface area contributed by atoms with Crippen LogP contribution in [0.2, 0.25) is 0 Å². The Hall–Kier alpha value is -3.04. The number of nitrogens with zero attached hydrogens (tertiary/aromatic N) is 4. The fraction of sp³-hybridized carbons (Fsp3) is 0.211. The van der Waals surface area contributed by atoms with Gasteiger partial charge in [0.05, 0.1) is 11.4 Å². The zero-order chi connectivity index (χ0) is 20.3. The van der Waals surface area contributed by atoms with Crippen LogP contribution in [0, 0.1) is 0 Å². The molecule has 28 heavy (non-hydrogen) atoms. The van der Waals surface area contributed by atoms with E-state index in [2.05, 4.69) is 15.5 Å². The first-order valence-corrected chi connectivity index (χ1v) is 9.98. The van der Waals surface area contributed by atoms with Crippen molar-refractivity contribution in [1.82, 2.24) is 19.1 Å². The average Bonchev–Trinajstić information content (AvgIpc) is 3.06. The third-order valence-corrected chi connectivity index (χ3v) is 6.09. The van der Waals surface area contributed by atoms with Gasteiger partial charge in [0.2, 0.25) is 15.9 Å². The maximum atomic E-state index is 12.8. The van der Waals surface area contributed by atoms with Gasteiger partial charge in [0.15, 0.2) is 0 Å². The Labute approximate surface area is 163 Å². The summed E-state index contributed by atoms with van der Waals surface area (Å²) >= 11 is 0. The predicted molar refractivity (Wildman–Crippen MR) is 106 cm³/mol. The number of benzene rings is 2. The van der Waals surface area contributed by atoms with E-state index in [1.165, 1.54) is 24.6 Å². The van der Waals surface area contributed by atoms with Crippen molar-refractivity contribution in [3.8, 4) is 11.1 Å². The standard InChI is InChI=1S/C19H21N5O3S/c1-14(25)21-17-8-4-15(5-9-17)16-6-10-18(11-7-16)28(26,27)24(3)12-19-22-20-13-23(19)2/h4-11,13H,12H2,1-3H3,(H,21,25). The summed E-state index contributed by atoms with van der Waals surface area (Å²) in [5, 5.41) is 10.4. The molecule has 0 saturated heterocycles. The van der Waals surface area contributed by atoms with E-state index in [1.807, 2.05) is 12.1 Å². The zero-order valence-corrected chi connectivity index (χ0v) is 16.6. The lowest BCUT2D eigenvalue weighted by Gasteiger charge is -2.17. The molecule has 0 radical (unpaired) electrons. The number of rotatable bonds is 6. The maximum Gasteiger partial charge on any atom is 0.243 e. The summed E-state index contributed by atoms with van der Waals surface area (Å²) in [4.78, 5) is 11.3. The van der Waals surface area contributed by atoms with Crippen molar-refractivity contribution in [1.29, 1.82) is 0 Å². The molecule has 0 unspecified atom stereocenters. The molecule has 0 atom stereocenters. The molecule has 1 aromatic heterocycles. The van der Waals surface area contributed by atoms with Crippen LogP contribution >= 0.6 is 0 Å². The van der Waals surface area contributed by atoms with Gasteiger partial charge in [-0.2, -0.15) is 4.31 Å². The number of nitrogens with one attached hydrogen (secondary N) is 1. The number of hydrogen-bond donors (Lipinski definition) is 1. The average molecular weight is 399 g/mol. The molecule has 0 fully saturated rings. The van der Waals surface area contributed by atoms with Gasteiger partial charge in [-0.1, -0.05) is 24.3 Å². The maximum absolute atomic E-state index is 12.8. The van der Waals surface area contributed by atoms with Crippen molar-refractivity contribution in [3.05, 3.63) is 60.7 Å². The van der Waals surface area contributed by atoms with Crippen molar-refractivity contribution >= 4 is 21.6 Å². The molecule has 1 heterocycles. The minimum atomic E-state index is -3.65. The first kappa shape index (κ1) is 19.7. The molecule has 0 aliphatic carbocycles. The molecule has 146 valence electrons. The topological polar surface area (TPSA) is 97.2 Å². The highest BCUT2D eigenvalue weighted by atomic mass is 32.2. The van der Waals surface area contributed by atoms with Crippen LogP contribution in [-0.2, 0) is 28.4 Å². The second kappa shape index (κ2) is 7.91. The number of amides is 1. The summed E-state index contributed by atoms with van der Waals surface area (Å²) in [6.45, 7) is 1.58. The Kier molecular flexibility index (Phi) is 5.57. The molecule has 3 aromatic rings. The van der Waals surface area contributed by atoms with Gasteiger partial charge in [-0.25, -0.2) is 8.42 Å². The molecule has 0 spiro atoms. The predicted octanol–water partition coefficient (Wildman–Crippen LogP) is 2.26. The lowest BCUT2D eigenvalue weighted by atomic mass is 10.1. The van der Waals surface area contributed by atoms with Gasteiger partial charge < -0.3 is 9.88 Å². The first-order valence-electron chi connectivity index (χ1n) is 8.54. The zero-order valence-electron chi connectivity index (χ0n) is 15.8. The SMILES string of the molecule is CC(=O)Nc1ccc(-c2ccc(S(=O)(=O)N(C)Cc3nncn3C)cc2)cc1. The second-order valence-corrected chi connectivity index (χ2v) is 8.45. The molecule has 0 bridgehead atoms. The highest BCUT2D eigenvalue weighted by Gasteiger charge is 2.22. The number of carbonyl (C=O) groups is 1. The normalized spacial score (nSPS) is 11.6. The second-order valence-electron chi connectivity index (χ2n) is 6.40. The molecule has 3 rings (SSSR count). The number of carbonyl (C=O) groups excluding carboxylic acids is 1. The van der Waals surface area contributed by atoms with Gasteiger partial charge in [-0.05, 0) is 35.4 Å². The summed E-state index contributed by atoms with van der Waals surface area (Å²) in [5.74, 6) is 0.426. The Balaban J connectivity index is 1.77. The molecule has 0 saturated carbocycles. The van der Waals surface area contributed by atoms with Crippen molar-refractivity contribution < 1.29 is 13.2 Å². The van der Waals surface area contributed by atoms with E-state index < -0.39 is 10.0 Å². The number of hydrogen-bond acceptors (Lipinski definition) is 5. The Bertz CT molecular complexity index is 1070. The lowest BCUT2D eigenvalue weighted by Crippen LogP contribution is -2.27. The van der Waals surface area contributed by atoms with Crippen LogP contribution in [-0.4, -0.2) is 40.4 Å². The number of aromatic nitrogens is 3. The summed E-state index contributed by atoms with van der Waals surface area (Å²) in [5.41, 5.74) is 2.51. The largest absolute Gasteiger partial charge is 0.326 e. The molecule has 2 aromatic carbocycles. The van der Waals surface area contributed by atoms with Crippen molar-refractivity contribution in [2.45, 2.75) is 18.4 Å². The van der Waals surface area contributed by atoms with Gasteiger partial charge in [0, 0.05) is 26.7 Å². The highest BCUT2D eigenvalue weighted by Crippen LogP contribution is 2.24. The van der Waals surface area contributed by atoms with Crippen LogP contribution in [0.25, 0.3) is 11.1 Å². The highest BCUT2D eigenvalue weighted by molar-refractivity contribution is 7.89. The smallest absolute Gasteiger partial charge is 0.243 e. The van der Waals surface area contributed by atoms with Crippen LogP contribution in [0.1, 0.15) is 12.7 Å². The van der Waals surface area contributed by atoms with Crippen molar-refractivity contribution in [2.75, 3.05) is 12.4 Å². The molecule has 9 heteroatoms. The molecule has 8 nitrogen and oxygen atoms in total. The quantitative estimate of drug-likeness (QED) is 0.686. The number of aryl methyl sites for hydroxylation is 1. The molecule has 1 N–H and O–H groups in total. The summed E-state index contributed by atoms with van der Waals surface area (Å²) < 4.78 is 28.5. The van der Waals surface area contributed by atoms with E-state index in [9.17, 15) is 13.2 Å². The van der Waals surface area contributed by atoms with Gasteiger partial charge in [-0.3, -0.25) is 4.79 Å². The van der Waals surface area contributed by atoms with E-state index in [4.69, 9.17) is 0 Å². The van der Waals surface area contributed by atoms with E-state index in [0.29, 0.717) is 11.5 Å². The minimum Gasteiger partial charge on any atom is -0.326 e. The number of anilines is 1. The van der Waals surface area contributed by atoms with Crippen molar-refractivity contribution in [2.24, 2.45) is 7.05 Å². The Morgan fingerprint density at radius 2 is 1.64 bits per heavy atom. The van der Waals surface area contributed by atoms with Gasteiger partial charge in [0.25, 0.3) is 0 Å². The van der Waals surface area contributed by atoms with Crippen LogP contribution < -0.4 is 5.32 Å². The molecule has 0 aliphatic heterocycles. The minimum absolute atomic E-state index is 0.130. The fourth-order valence-electron chi connectivity index (χ4n) is 2.68. The first-order chi connectivity index (χ1) is 13.3. The van der Waals surface area contributed by atoms with Crippen LogP contribution in [0.4, 0.5) is 5.69 Å². The monoisotopic (exact) mass is 399 g/mol. The van der Waals surface area contributed by atoms with Gasteiger partial charge in [-0.15, -0.1) is 10.2 Å². The van der Waals surface area contributed by atoms with E-state index in [0.717, 1.165) is 11.1 Å². The summed E-state index contributed by atoms with van der Waals surface area (Å²) in [6.07, 6.45) is 1.53. The molecular weight excluding hydrogens is 378 g/mol. The van der Waals surface area contributed by atoms with Crippen LogP contribution in [0.3, 0.4) is 0 Å². The van der Waals surface area contributed by atoms with Crippen LogP contribution in [0.15, 0.2) is 59.8 Å². The van der Waals surface area contributed by atoms with E-state index >= 15 is 0 Å². The summed E-state index contributed by atoms with van der Waals surface area (Å²) in [6, 6.07) is 14.0. The molecule has 1 amide bonds. The van der Waals surface area contributed by atoms with E-state index in [-0.39, 0.29) is 17.3 Å². The molecular formula is C19H21N5O3S. The van der Waals surface area contributed by atoms with Gasteiger partial charge >= 0.3 is 0 Å². The third kappa shape index (κ3) is 4.26. The Morgan fingerprint density at radius 3 is 2.14 bits per heavy atom. The number of sulfonamides is 1. The Morgan fingerprint density at radius 1 is 1.07 bits per heavy atom. The fourth-order valence-corrected chi connectivity index (χ4v) is 3.81.